The number of amides is 1. The van der Waals surface area contributed by atoms with Crippen LogP contribution in [-0.4, -0.2) is 17.4 Å². The molecular weight excluding hydrogens is 329 g/mol. The Kier molecular flexibility index (Phi) is 5.93. The van der Waals surface area contributed by atoms with Crippen molar-refractivity contribution in [3.8, 4) is 0 Å². The van der Waals surface area contributed by atoms with Gasteiger partial charge in [0, 0.05) is 12.1 Å². The Morgan fingerprint density at radius 1 is 0.962 bits per heavy atom. The highest BCUT2D eigenvalue weighted by atomic mass is 19.1. The minimum atomic E-state index is -0.373. The Balaban J connectivity index is 1.45. The van der Waals surface area contributed by atoms with E-state index in [-0.39, 0.29) is 11.7 Å². The Morgan fingerprint density at radius 3 is 2.42 bits per heavy atom. The summed E-state index contributed by atoms with van der Waals surface area (Å²) in [5, 5.41) is 6.01. The van der Waals surface area contributed by atoms with Crippen molar-refractivity contribution in [1.82, 2.24) is 4.98 Å². The second-order valence-corrected chi connectivity index (χ2v) is 5.91. The topological polar surface area (TPSA) is 54.0 Å². The molecule has 0 spiro atoms. The fourth-order valence-corrected chi connectivity index (χ4v) is 2.53. The summed E-state index contributed by atoms with van der Waals surface area (Å²) in [6, 6.07) is 19.4. The number of halogens is 1. The van der Waals surface area contributed by atoms with Crippen molar-refractivity contribution in [3.63, 3.8) is 0 Å². The summed E-state index contributed by atoms with van der Waals surface area (Å²) in [5.41, 5.74) is 2.61. The molecule has 4 nitrogen and oxygen atoms in total. The van der Waals surface area contributed by atoms with Crippen molar-refractivity contribution < 1.29 is 9.18 Å². The van der Waals surface area contributed by atoms with Crippen LogP contribution in [-0.2, 0) is 6.42 Å². The summed E-state index contributed by atoms with van der Waals surface area (Å²) in [4.78, 5) is 16.3. The van der Waals surface area contributed by atoms with Crippen LogP contribution in [0.4, 0.5) is 15.9 Å². The van der Waals surface area contributed by atoms with E-state index in [1.54, 1.807) is 12.3 Å². The molecule has 3 rings (SSSR count). The number of anilines is 2. The third kappa shape index (κ3) is 5.14. The lowest BCUT2D eigenvalue weighted by atomic mass is 10.1. The summed E-state index contributed by atoms with van der Waals surface area (Å²) in [6.45, 7) is 0.845. The van der Waals surface area contributed by atoms with E-state index in [0.29, 0.717) is 11.4 Å². The van der Waals surface area contributed by atoms with Crippen molar-refractivity contribution in [2.45, 2.75) is 12.8 Å². The lowest BCUT2D eigenvalue weighted by Crippen LogP contribution is -2.13. The van der Waals surface area contributed by atoms with Gasteiger partial charge in [0.05, 0.1) is 11.9 Å². The van der Waals surface area contributed by atoms with E-state index in [1.807, 2.05) is 24.3 Å². The predicted molar refractivity (Wildman–Crippen MR) is 102 cm³/mol. The van der Waals surface area contributed by atoms with Crippen LogP contribution >= 0.6 is 0 Å². The highest BCUT2D eigenvalue weighted by molar-refractivity contribution is 6.03. The van der Waals surface area contributed by atoms with Gasteiger partial charge in [0.1, 0.15) is 11.6 Å². The van der Waals surface area contributed by atoms with E-state index >= 15 is 0 Å². The summed E-state index contributed by atoms with van der Waals surface area (Å²) in [5.74, 6) is -0.238. The van der Waals surface area contributed by atoms with Gasteiger partial charge in [-0.2, -0.15) is 0 Å². The van der Waals surface area contributed by atoms with E-state index in [2.05, 4.69) is 27.8 Å². The number of carbonyl (C=O) groups is 1. The smallest absolute Gasteiger partial charge is 0.256 e. The average molecular weight is 349 g/mol. The minimum absolute atomic E-state index is 0.318. The zero-order chi connectivity index (χ0) is 18.2. The van der Waals surface area contributed by atoms with Gasteiger partial charge in [-0.15, -0.1) is 0 Å². The fraction of sp³-hybridized carbons (Fsp3) is 0.143. The van der Waals surface area contributed by atoms with Gasteiger partial charge in [0.15, 0.2) is 0 Å². The largest absolute Gasteiger partial charge is 0.384 e. The molecule has 26 heavy (non-hydrogen) atoms. The lowest BCUT2D eigenvalue weighted by molar-refractivity contribution is 0.102. The van der Waals surface area contributed by atoms with Crippen molar-refractivity contribution in [2.24, 2.45) is 0 Å². The van der Waals surface area contributed by atoms with E-state index in [4.69, 9.17) is 0 Å². The molecule has 0 aliphatic heterocycles. The van der Waals surface area contributed by atoms with Gasteiger partial charge in [-0.1, -0.05) is 30.3 Å². The molecule has 2 N–H and O–H groups in total. The van der Waals surface area contributed by atoms with Crippen molar-refractivity contribution in [3.05, 3.63) is 89.9 Å². The Labute approximate surface area is 152 Å². The van der Waals surface area contributed by atoms with Crippen molar-refractivity contribution >= 4 is 17.4 Å². The van der Waals surface area contributed by atoms with Crippen LogP contribution in [0.3, 0.4) is 0 Å². The molecule has 0 aliphatic carbocycles. The second-order valence-electron chi connectivity index (χ2n) is 5.91. The van der Waals surface area contributed by atoms with Gasteiger partial charge in [0.2, 0.25) is 0 Å². The molecule has 0 fully saturated rings. The third-order valence-electron chi connectivity index (χ3n) is 3.93. The minimum Gasteiger partial charge on any atom is -0.384 e. The summed E-state index contributed by atoms with van der Waals surface area (Å²) < 4.78 is 12.9. The van der Waals surface area contributed by atoms with Gasteiger partial charge in [-0.3, -0.25) is 4.79 Å². The molecule has 1 amide bonds. The van der Waals surface area contributed by atoms with Crippen molar-refractivity contribution in [1.29, 1.82) is 0 Å². The Bertz CT molecular complexity index is 833. The number of aromatic nitrogens is 1. The number of hydrogen-bond donors (Lipinski definition) is 2. The van der Waals surface area contributed by atoms with Crippen LogP contribution in [0.5, 0.6) is 0 Å². The monoisotopic (exact) mass is 349 g/mol. The average Bonchev–Trinajstić information content (AvgIpc) is 2.68. The van der Waals surface area contributed by atoms with Crippen LogP contribution in [0, 0.1) is 5.82 Å². The van der Waals surface area contributed by atoms with Crippen LogP contribution in [0.15, 0.2) is 72.9 Å². The lowest BCUT2D eigenvalue weighted by Gasteiger charge is -2.08. The number of aryl methyl sites for hydroxylation is 1. The Morgan fingerprint density at radius 2 is 1.73 bits per heavy atom. The molecule has 0 saturated heterocycles. The van der Waals surface area contributed by atoms with Crippen LogP contribution in [0.1, 0.15) is 22.3 Å². The molecule has 0 saturated carbocycles. The predicted octanol–water partition coefficient (Wildman–Crippen LogP) is 4.52. The number of hydrogen-bond acceptors (Lipinski definition) is 3. The molecule has 0 bridgehead atoms. The molecule has 1 aromatic heterocycles. The molecule has 0 aliphatic rings. The first-order chi connectivity index (χ1) is 12.7. The number of pyridine rings is 1. The molecule has 1 heterocycles. The third-order valence-corrected chi connectivity index (χ3v) is 3.93. The SMILES string of the molecule is O=C(Nc1ccc(NCCCc2ccccc2)cn1)c1ccc(F)cc1. The number of benzene rings is 2. The molecule has 132 valence electrons. The van der Waals surface area contributed by atoms with Gasteiger partial charge in [-0.05, 0) is 54.8 Å². The standard InChI is InChI=1S/C21H20FN3O/c22-18-10-8-17(9-11-18)21(26)25-20-13-12-19(15-24-20)23-14-4-7-16-5-2-1-3-6-16/h1-3,5-6,8-13,15,23H,4,7,14H2,(H,24,25,26). The molecule has 0 radical (unpaired) electrons. The summed E-state index contributed by atoms with van der Waals surface area (Å²) >= 11 is 0. The quantitative estimate of drug-likeness (QED) is 0.617. The van der Waals surface area contributed by atoms with E-state index in [1.165, 1.54) is 29.8 Å². The highest BCUT2D eigenvalue weighted by Gasteiger charge is 2.06. The molecular formula is C21H20FN3O. The van der Waals surface area contributed by atoms with E-state index in [0.717, 1.165) is 25.1 Å². The molecule has 0 unspecified atom stereocenters. The first kappa shape index (κ1) is 17.6. The van der Waals surface area contributed by atoms with Gasteiger partial charge < -0.3 is 10.6 Å². The molecule has 3 aromatic rings. The van der Waals surface area contributed by atoms with Crippen LogP contribution in [0.25, 0.3) is 0 Å². The maximum absolute atomic E-state index is 12.9. The first-order valence-corrected chi connectivity index (χ1v) is 8.51. The maximum Gasteiger partial charge on any atom is 0.256 e. The fourth-order valence-electron chi connectivity index (χ4n) is 2.53. The zero-order valence-corrected chi connectivity index (χ0v) is 14.3. The molecule has 0 atom stereocenters. The van der Waals surface area contributed by atoms with E-state index < -0.39 is 0 Å². The highest BCUT2D eigenvalue weighted by Crippen LogP contribution is 2.12. The number of nitrogens with one attached hydrogen (secondary N) is 2. The molecule has 2 aromatic carbocycles. The van der Waals surface area contributed by atoms with Gasteiger partial charge in [0.25, 0.3) is 5.91 Å². The number of rotatable bonds is 7. The zero-order valence-electron chi connectivity index (χ0n) is 14.3. The van der Waals surface area contributed by atoms with E-state index in [9.17, 15) is 9.18 Å². The van der Waals surface area contributed by atoms with Crippen molar-refractivity contribution in [2.75, 3.05) is 17.2 Å². The second kappa shape index (κ2) is 8.76. The van der Waals surface area contributed by atoms with Gasteiger partial charge >= 0.3 is 0 Å². The van der Waals surface area contributed by atoms with Crippen LogP contribution in [0.2, 0.25) is 0 Å². The number of carbonyl (C=O) groups excluding carboxylic acids is 1. The molecule has 5 heteroatoms. The maximum atomic E-state index is 12.9. The normalized spacial score (nSPS) is 10.3. The van der Waals surface area contributed by atoms with Crippen LogP contribution < -0.4 is 10.6 Å². The number of nitrogens with zero attached hydrogens (tertiary/aromatic N) is 1. The van der Waals surface area contributed by atoms with Gasteiger partial charge in [-0.25, -0.2) is 9.37 Å². The summed E-state index contributed by atoms with van der Waals surface area (Å²) in [6.07, 6.45) is 3.73. The first-order valence-electron chi connectivity index (χ1n) is 8.51. The summed E-state index contributed by atoms with van der Waals surface area (Å²) in [7, 11) is 0. The Hall–Kier alpha value is -3.21.